The Labute approximate surface area is 182 Å². The molecule has 0 saturated heterocycles. The summed E-state index contributed by atoms with van der Waals surface area (Å²) in [5, 5.41) is 9.71. The van der Waals surface area contributed by atoms with Crippen LogP contribution in [0, 0.1) is 0 Å². The van der Waals surface area contributed by atoms with Crippen molar-refractivity contribution < 1.29 is 28.2 Å². The predicted octanol–water partition coefficient (Wildman–Crippen LogP) is 4.22. The molecule has 0 aromatic heterocycles. The number of aliphatic hydroxyl groups is 1. The van der Waals surface area contributed by atoms with E-state index in [2.05, 4.69) is 39.3 Å². The Morgan fingerprint density at radius 1 is 1.00 bits per heavy atom. The maximum absolute atomic E-state index is 11.2. The average molecular weight is 463 g/mol. The molecule has 0 aliphatic heterocycles. The third-order valence-corrected chi connectivity index (χ3v) is 6.79. The van der Waals surface area contributed by atoms with Gasteiger partial charge in [0.2, 0.25) is 0 Å². The predicted molar refractivity (Wildman–Crippen MR) is 124 cm³/mol. The molecule has 9 heteroatoms. The standard InChI is InChI=1S/C20H42O6Si3/c1-8-11-19(22)24-17-18(21)16-23-13-10-15-27-14-9-12-20(25-28(2,3)4)26-29(5,6)7/h8,11,18,20-21H,9-10,12-17H2,1-7H3. The summed E-state index contributed by atoms with van der Waals surface area (Å²) in [6.07, 6.45) is 5.16. The summed E-state index contributed by atoms with van der Waals surface area (Å²) < 4.78 is 22.8. The SMILES string of the molecule is CC=CC(=O)OCC(O)COCCC[Si]CCCC(O[Si](C)(C)C)O[Si](C)(C)C. The molecule has 29 heavy (non-hydrogen) atoms. The monoisotopic (exact) mass is 462 g/mol. The molecule has 1 N–H and O–H groups in total. The Morgan fingerprint density at radius 2 is 1.59 bits per heavy atom. The van der Waals surface area contributed by atoms with E-state index in [9.17, 15) is 9.90 Å². The third kappa shape index (κ3) is 20.7. The Kier molecular flexibility index (Phi) is 15.3. The van der Waals surface area contributed by atoms with Crippen LogP contribution in [0.15, 0.2) is 12.2 Å². The van der Waals surface area contributed by atoms with Gasteiger partial charge in [-0.15, -0.1) is 0 Å². The number of rotatable bonds is 17. The Bertz CT molecular complexity index is 444. The van der Waals surface area contributed by atoms with Crippen LogP contribution in [0.25, 0.3) is 0 Å². The second-order valence-corrected chi connectivity index (χ2v) is 19.4. The van der Waals surface area contributed by atoms with E-state index in [4.69, 9.17) is 18.3 Å². The van der Waals surface area contributed by atoms with Gasteiger partial charge in [0.25, 0.3) is 0 Å². The first-order chi connectivity index (χ1) is 13.4. The van der Waals surface area contributed by atoms with Crippen molar-refractivity contribution in [3.05, 3.63) is 12.2 Å². The van der Waals surface area contributed by atoms with E-state index in [1.807, 2.05) is 0 Å². The Hall–Kier alpha value is -0.299. The second kappa shape index (κ2) is 15.5. The molecule has 0 aliphatic carbocycles. The molecule has 0 aromatic carbocycles. The highest BCUT2D eigenvalue weighted by Crippen LogP contribution is 2.18. The van der Waals surface area contributed by atoms with Gasteiger partial charge >= 0.3 is 5.97 Å². The maximum Gasteiger partial charge on any atom is 0.330 e. The molecule has 0 aliphatic rings. The summed E-state index contributed by atoms with van der Waals surface area (Å²) in [4.78, 5) is 11.2. The van der Waals surface area contributed by atoms with Crippen LogP contribution >= 0.6 is 0 Å². The molecule has 0 spiro atoms. The van der Waals surface area contributed by atoms with E-state index in [-0.39, 0.29) is 19.5 Å². The molecule has 1 atom stereocenters. The molecular formula is C20H42O6Si3. The minimum absolute atomic E-state index is 0.0366. The quantitative estimate of drug-likeness (QED) is 0.115. The number of hydrogen-bond donors (Lipinski definition) is 1. The molecule has 0 aromatic rings. The summed E-state index contributed by atoms with van der Waals surface area (Å²) in [7, 11) is -2.31. The maximum atomic E-state index is 11.2. The zero-order chi connectivity index (χ0) is 22.3. The van der Waals surface area contributed by atoms with Crippen LogP contribution in [-0.4, -0.2) is 69.4 Å². The second-order valence-electron chi connectivity index (χ2n) is 8.99. The van der Waals surface area contributed by atoms with Gasteiger partial charge in [0.05, 0.1) is 6.61 Å². The lowest BCUT2D eigenvalue weighted by molar-refractivity contribution is -0.141. The van der Waals surface area contributed by atoms with Crippen LogP contribution in [-0.2, 0) is 23.1 Å². The summed E-state index contributed by atoms with van der Waals surface area (Å²) in [6, 6.07) is 2.31. The van der Waals surface area contributed by atoms with Crippen LogP contribution < -0.4 is 0 Å². The first-order valence-corrected chi connectivity index (χ1v) is 18.8. The van der Waals surface area contributed by atoms with Crippen molar-refractivity contribution in [2.75, 3.05) is 19.8 Å². The topological polar surface area (TPSA) is 74.2 Å². The fraction of sp³-hybridized carbons (Fsp3) is 0.850. The largest absolute Gasteiger partial charge is 0.460 e. The van der Waals surface area contributed by atoms with Gasteiger partial charge in [-0.3, -0.25) is 0 Å². The van der Waals surface area contributed by atoms with Crippen molar-refractivity contribution in [2.45, 2.75) is 90.0 Å². The molecule has 0 bridgehead atoms. The zero-order valence-electron chi connectivity index (χ0n) is 19.5. The normalized spacial score (nSPS) is 14.0. The van der Waals surface area contributed by atoms with E-state index in [1.165, 1.54) is 12.1 Å². The van der Waals surface area contributed by atoms with Crippen LogP contribution in [0.4, 0.5) is 0 Å². The van der Waals surface area contributed by atoms with Crippen molar-refractivity contribution in [1.29, 1.82) is 0 Å². The van der Waals surface area contributed by atoms with E-state index in [0.29, 0.717) is 6.61 Å². The third-order valence-electron chi connectivity index (χ3n) is 3.44. The fourth-order valence-corrected chi connectivity index (χ4v) is 5.48. The van der Waals surface area contributed by atoms with Crippen molar-refractivity contribution in [3.8, 4) is 0 Å². The van der Waals surface area contributed by atoms with E-state index < -0.39 is 28.7 Å². The number of allylic oxidation sites excluding steroid dienone is 1. The van der Waals surface area contributed by atoms with E-state index in [0.717, 1.165) is 34.8 Å². The van der Waals surface area contributed by atoms with Crippen molar-refractivity contribution in [2.24, 2.45) is 0 Å². The first-order valence-electron chi connectivity index (χ1n) is 10.5. The molecule has 0 heterocycles. The molecule has 170 valence electrons. The number of esters is 1. The Balaban J connectivity index is 3.75. The molecule has 0 amide bonds. The number of hydrogen-bond acceptors (Lipinski definition) is 6. The lowest BCUT2D eigenvalue weighted by Gasteiger charge is -2.31. The minimum atomic E-state index is -1.60. The molecule has 0 saturated carbocycles. The molecule has 6 nitrogen and oxygen atoms in total. The van der Waals surface area contributed by atoms with Crippen molar-refractivity contribution in [3.63, 3.8) is 0 Å². The summed E-state index contributed by atoms with van der Waals surface area (Å²) in [6.45, 7) is 15.8. The highest BCUT2D eigenvalue weighted by molar-refractivity contribution is 6.70. The van der Waals surface area contributed by atoms with Gasteiger partial charge in [-0.1, -0.05) is 24.6 Å². The first kappa shape index (κ1) is 28.7. The highest BCUT2D eigenvalue weighted by Gasteiger charge is 2.26. The van der Waals surface area contributed by atoms with Gasteiger partial charge in [-0.05, 0) is 59.0 Å². The summed E-state index contributed by atoms with van der Waals surface area (Å²) in [5.41, 5.74) is 0. The fourth-order valence-electron chi connectivity index (χ4n) is 2.38. The molecule has 1 unspecified atom stereocenters. The molecular weight excluding hydrogens is 420 g/mol. The van der Waals surface area contributed by atoms with Gasteiger partial charge < -0.3 is 23.4 Å². The lowest BCUT2D eigenvalue weighted by Crippen LogP contribution is -2.39. The number of carbonyl (C=O) groups excluding carboxylic acids is 1. The van der Waals surface area contributed by atoms with Crippen LogP contribution in [0.3, 0.4) is 0 Å². The van der Waals surface area contributed by atoms with Crippen LogP contribution in [0.5, 0.6) is 0 Å². The summed E-state index contributed by atoms with van der Waals surface area (Å²) in [5.74, 6) is -0.444. The van der Waals surface area contributed by atoms with E-state index >= 15 is 0 Å². The van der Waals surface area contributed by atoms with Crippen molar-refractivity contribution >= 4 is 32.1 Å². The van der Waals surface area contributed by atoms with Crippen LogP contribution in [0.2, 0.25) is 51.4 Å². The molecule has 0 fully saturated rings. The van der Waals surface area contributed by atoms with Gasteiger partial charge in [0, 0.05) is 22.2 Å². The smallest absolute Gasteiger partial charge is 0.330 e. The van der Waals surface area contributed by atoms with Gasteiger partial charge in [-0.2, -0.15) is 0 Å². The number of ether oxygens (including phenoxy) is 2. The number of aliphatic hydroxyl groups excluding tert-OH is 1. The molecule has 0 rings (SSSR count). The Morgan fingerprint density at radius 3 is 2.14 bits per heavy atom. The highest BCUT2D eigenvalue weighted by atomic mass is 28.4. The van der Waals surface area contributed by atoms with Crippen molar-refractivity contribution in [1.82, 2.24) is 0 Å². The van der Waals surface area contributed by atoms with Crippen LogP contribution in [0.1, 0.15) is 26.2 Å². The minimum Gasteiger partial charge on any atom is -0.460 e. The average Bonchev–Trinajstić information content (AvgIpc) is 2.55. The van der Waals surface area contributed by atoms with Gasteiger partial charge in [0.1, 0.15) is 19.0 Å². The number of carbonyl (C=O) groups is 1. The molecule has 2 radical (unpaired) electrons. The summed E-state index contributed by atoms with van der Waals surface area (Å²) >= 11 is 0. The zero-order valence-corrected chi connectivity index (χ0v) is 22.5. The van der Waals surface area contributed by atoms with Gasteiger partial charge in [0.15, 0.2) is 16.6 Å². The lowest BCUT2D eigenvalue weighted by atomic mass is 10.3. The van der Waals surface area contributed by atoms with E-state index in [1.54, 1.807) is 13.0 Å². The van der Waals surface area contributed by atoms with Gasteiger partial charge in [-0.25, -0.2) is 4.79 Å².